The van der Waals surface area contributed by atoms with Crippen molar-refractivity contribution in [2.75, 3.05) is 33.5 Å². The smallest absolute Gasteiger partial charge is 0.273 e. The predicted molar refractivity (Wildman–Crippen MR) is 101 cm³/mol. The average Bonchev–Trinajstić information content (AvgIpc) is 3.10. The minimum absolute atomic E-state index is 0. The third-order valence-electron chi connectivity index (χ3n) is 3.39. The molecule has 0 aliphatic rings. The minimum Gasteiger partial charge on any atom is -0.382 e. The number of halogens is 1. The lowest BCUT2D eigenvalue weighted by atomic mass is 10.2. The van der Waals surface area contributed by atoms with Gasteiger partial charge in [0.2, 0.25) is 0 Å². The average molecular weight is 386 g/mol. The van der Waals surface area contributed by atoms with Crippen LogP contribution < -0.4 is 5.73 Å². The maximum Gasteiger partial charge on any atom is 0.273 e. The van der Waals surface area contributed by atoms with Gasteiger partial charge in [0, 0.05) is 32.1 Å². The van der Waals surface area contributed by atoms with Crippen LogP contribution in [0.1, 0.15) is 21.1 Å². The minimum atomic E-state index is -0.106. The molecule has 1 heterocycles. The fourth-order valence-electron chi connectivity index (χ4n) is 2.14. The first-order valence-corrected chi connectivity index (χ1v) is 8.67. The Morgan fingerprint density at radius 1 is 1.24 bits per heavy atom. The summed E-state index contributed by atoms with van der Waals surface area (Å²) in [4.78, 5) is 18.8. The number of thiazole rings is 1. The monoisotopic (exact) mass is 385 g/mol. The number of aromatic nitrogens is 1. The molecule has 0 aliphatic heterocycles. The number of carbonyl (C=O) groups is 1. The van der Waals surface area contributed by atoms with Crippen molar-refractivity contribution in [1.29, 1.82) is 0 Å². The normalized spacial score (nSPS) is 10.3. The molecule has 0 saturated heterocycles. The van der Waals surface area contributed by atoms with E-state index in [2.05, 4.69) is 4.98 Å². The molecular formula is C17H24ClN3O3S. The lowest BCUT2D eigenvalue weighted by Crippen LogP contribution is -2.34. The van der Waals surface area contributed by atoms with E-state index < -0.39 is 0 Å². The summed E-state index contributed by atoms with van der Waals surface area (Å²) in [5.74, 6) is -0.106. The second-order valence-corrected chi connectivity index (χ2v) is 6.09. The number of hydrogen-bond donors (Lipinski definition) is 1. The number of nitrogens with zero attached hydrogens (tertiary/aromatic N) is 2. The summed E-state index contributed by atoms with van der Waals surface area (Å²) in [7, 11) is 1.63. The topological polar surface area (TPSA) is 77.7 Å². The van der Waals surface area contributed by atoms with Crippen molar-refractivity contribution in [3.05, 3.63) is 52.0 Å². The molecule has 138 valence electrons. The van der Waals surface area contributed by atoms with Gasteiger partial charge in [-0.3, -0.25) is 4.79 Å². The summed E-state index contributed by atoms with van der Waals surface area (Å²) in [5, 5.41) is 2.52. The summed E-state index contributed by atoms with van der Waals surface area (Å²) in [5.41, 5.74) is 7.09. The summed E-state index contributed by atoms with van der Waals surface area (Å²) in [6.07, 6.45) is 0. The van der Waals surface area contributed by atoms with Gasteiger partial charge in [-0.1, -0.05) is 30.3 Å². The van der Waals surface area contributed by atoms with Crippen LogP contribution in [-0.4, -0.2) is 49.3 Å². The van der Waals surface area contributed by atoms with Gasteiger partial charge >= 0.3 is 0 Å². The van der Waals surface area contributed by atoms with Crippen molar-refractivity contribution < 1.29 is 14.3 Å². The molecule has 0 aliphatic carbocycles. The Bertz CT molecular complexity index is 625. The Hall–Kier alpha value is -1.51. The van der Waals surface area contributed by atoms with E-state index in [0.717, 1.165) is 10.6 Å². The zero-order valence-electron chi connectivity index (χ0n) is 14.2. The number of methoxy groups -OCH3 is 1. The second kappa shape index (κ2) is 11.9. The number of benzene rings is 1. The molecule has 0 fully saturated rings. The molecule has 1 aromatic heterocycles. The molecule has 0 radical (unpaired) electrons. The van der Waals surface area contributed by atoms with E-state index >= 15 is 0 Å². The van der Waals surface area contributed by atoms with Crippen LogP contribution in [0.3, 0.4) is 0 Å². The van der Waals surface area contributed by atoms with Crippen LogP contribution in [-0.2, 0) is 22.6 Å². The lowest BCUT2D eigenvalue weighted by molar-refractivity contribution is 0.0474. The van der Waals surface area contributed by atoms with Gasteiger partial charge in [-0.15, -0.1) is 23.7 Å². The van der Waals surface area contributed by atoms with Crippen LogP contribution in [0.5, 0.6) is 0 Å². The molecule has 0 spiro atoms. The summed E-state index contributed by atoms with van der Waals surface area (Å²) >= 11 is 1.41. The third-order valence-corrected chi connectivity index (χ3v) is 4.26. The van der Waals surface area contributed by atoms with Crippen LogP contribution in [0.2, 0.25) is 0 Å². The number of ether oxygens (including phenoxy) is 2. The van der Waals surface area contributed by atoms with Crippen LogP contribution in [0.15, 0.2) is 35.7 Å². The van der Waals surface area contributed by atoms with Gasteiger partial charge in [-0.05, 0) is 5.56 Å². The molecule has 2 N–H and O–H groups in total. The van der Waals surface area contributed by atoms with Gasteiger partial charge in [-0.25, -0.2) is 4.98 Å². The van der Waals surface area contributed by atoms with E-state index in [4.69, 9.17) is 15.2 Å². The molecule has 0 saturated carbocycles. The van der Waals surface area contributed by atoms with Crippen molar-refractivity contribution in [3.63, 3.8) is 0 Å². The third kappa shape index (κ3) is 7.09. The van der Waals surface area contributed by atoms with Gasteiger partial charge in [0.05, 0.1) is 19.8 Å². The summed E-state index contributed by atoms with van der Waals surface area (Å²) in [6.45, 7) is 2.86. The Balaban J connectivity index is 0.00000312. The molecular weight excluding hydrogens is 362 g/mol. The maximum atomic E-state index is 12.7. The molecule has 1 amide bonds. The van der Waals surface area contributed by atoms with Gasteiger partial charge in [0.1, 0.15) is 10.7 Å². The molecule has 0 unspecified atom stereocenters. The molecule has 2 aromatic rings. The van der Waals surface area contributed by atoms with Crippen LogP contribution in [0, 0.1) is 0 Å². The van der Waals surface area contributed by atoms with Crippen molar-refractivity contribution in [2.45, 2.75) is 13.1 Å². The summed E-state index contributed by atoms with van der Waals surface area (Å²) in [6, 6.07) is 9.87. The zero-order chi connectivity index (χ0) is 17.2. The van der Waals surface area contributed by atoms with E-state index in [1.807, 2.05) is 30.3 Å². The van der Waals surface area contributed by atoms with Crippen molar-refractivity contribution in [3.8, 4) is 0 Å². The van der Waals surface area contributed by atoms with Crippen LogP contribution in [0.4, 0.5) is 0 Å². The highest BCUT2D eigenvalue weighted by molar-refractivity contribution is 7.09. The van der Waals surface area contributed by atoms with Gasteiger partial charge in [0.15, 0.2) is 0 Å². The van der Waals surface area contributed by atoms with E-state index in [1.165, 1.54) is 11.3 Å². The van der Waals surface area contributed by atoms with Crippen molar-refractivity contribution >= 4 is 29.7 Å². The zero-order valence-corrected chi connectivity index (χ0v) is 15.9. The van der Waals surface area contributed by atoms with E-state index in [-0.39, 0.29) is 18.3 Å². The highest BCUT2D eigenvalue weighted by Crippen LogP contribution is 2.13. The Morgan fingerprint density at radius 3 is 2.64 bits per heavy atom. The number of amides is 1. The Morgan fingerprint density at radius 2 is 2.00 bits per heavy atom. The predicted octanol–water partition coefficient (Wildman–Crippen LogP) is 2.33. The van der Waals surface area contributed by atoms with Gasteiger partial charge in [-0.2, -0.15) is 0 Å². The maximum absolute atomic E-state index is 12.7. The first kappa shape index (κ1) is 21.5. The number of carbonyl (C=O) groups excluding carboxylic acids is 1. The van der Waals surface area contributed by atoms with E-state index in [9.17, 15) is 4.79 Å². The highest BCUT2D eigenvalue weighted by atomic mass is 35.5. The van der Waals surface area contributed by atoms with E-state index in [0.29, 0.717) is 45.1 Å². The van der Waals surface area contributed by atoms with Crippen molar-refractivity contribution in [2.24, 2.45) is 5.73 Å². The van der Waals surface area contributed by atoms with Gasteiger partial charge in [0.25, 0.3) is 5.91 Å². The SMILES string of the molecule is COCCOCCN(Cc1ccccc1)C(=O)c1csc(CN)n1.Cl. The number of rotatable bonds is 10. The quantitative estimate of drug-likeness (QED) is 0.635. The van der Waals surface area contributed by atoms with Crippen LogP contribution >= 0.6 is 23.7 Å². The van der Waals surface area contributed by atoms with Crippen molar-refractivity contribution in [1.82, 2.24) is 9.88 Å². The fourth-order valence-corrected chi connectivity index (χ4v) is 2.79. The molecule has 2 rings (SSSR count). The van der Waals surface area contributed by atoms with Gasteiger partial charge < -0.3 is 20.1 Å². The highest BCUT2D eigenvalue weighted by Gasteiger charge is 2.19. The number of nitrogens with two attached hydrogens (primary N) is 1. The first-order chi connectivity index (χ1) is 11.7. The van der Waals surface area contributed by atoms with E-state index in [1.54, 1.807) is 17.4 Å². The fraction of sp³-hybridized carbons (Fsp3) is 0.412. The Labute approximate surface area is 158 Å². The molecule has 8 heteroatoms. The Kier molecular flexibility index (Phi) is 10.3. The molecule has 0 bridgehead atoms. The number of hydrogen-bond acceptors (Lipinski definition) is 6. The molecule has 6 nitrogen and oxygen atoms in total. The molecule has 1 aromatic carbocycles. The van der Waals surface area contributed by atoms with Crippen LogP contribution in [0.25, 0.3) is 0 Å². The standard InChI is InChI=1S/C17H23N3O3S.ClH/c1-22-9-10-23-8-7-20(12-14-5-3-2-4-6-14)17(21)15-13-24-16(11-18)19-15;/h2-6,13H,7-12,18H2,1H3;1H. The molecule has 25 heavy (non-hydrogen) atoms. The largest absolute Gasteiger partial charge is 0.382 e. The summed E-state index contributed by atoms with van der Waals surface area (Å²) < 4.78 is 10.4. The first-order valence-electron chi connectivity index (χ1n) is 7.79. The second-order valence-electron chi connectivity index (χ2n) is 5.15. The lowest BCUT2D eigenvalue weighted by Gasteiger charge is -2.22. The molecule has 0 atom stereocenters.